The van der Waals surface area contributed by atoms with Gasteiger partial charge in [-0.05, 0) is 98.4 Å². The molecule has 14 nitrogen and oxygen atoms in total. The molecule has 0 bridgehead atoms. The number of benzene rings is 4. The number of imidazole rings is 2. The number of carbonyl (C=O) groups excluding carboxylic acids is 4. The highest BCUT2D eigenvalue weighted by Gasteiger charge is 2.25. The van der Waals surface area contributed by atoms with E-state index in [1.54, 1.807) is 0 Å². The Hall–Kier alpha value is -6.90. The molecule has 69 heavy (non-hydrogen) atoms. The van der Waals surface area contributed by atoms with Crippen molar-refractivity contribution in [1.29, 1.82) is 0 Å². The lowest BCUT2D eigenvalue weighted by atomic mass is 10.0. The normalized spacial score (nSPS) is 12.4. The molecule has 1 atom stereocenters. The first-order chi connectivity index (χ1) is 33.5. The van der Waals surface area contributed by atoms with Crippen molar-refractivity contribution in [1.82, 2.24) is 35.1 Å². The zero-order valence-corrected chi connectivity index (χ0v) is 42.4. The van der Waals surface area contributed by atoms with Crippen molar-refractivity contribution in [2.75, 3.05) is 48.5 Å². The van der Waals surface area contributed by atoms with Crippen molar-refractivity contribution >= 4 is 25.1 Å². The van der Waals surface area contributed by atoms with E-state index in [-0.39, 0.29) is 5.92 Å². The van der Waals surface area contributed by atoms with Gasteiger partial charge in [0, 0.05) is 19.4 Å². The summed E-state index contributed by atoms with van der Waals surface area (Å²) < 4.78 is 13.7. The van der Waals surface area contributed by atoms with Gasteiger partial charge in [-0.3, -0.25) is 14.6 Å². The van der Waals surface area contributed by atoms with E-state index in [0.29, 0.717) is 25.5 Å². The molecule has 4 aromatic carbocycles. The second-order valence-electron chi connectivity index (χ2n) is 16.0. The Bertz CT molecular complexity index is 2270. The third-order valence-corrected chi connectivity index (χ3v) is 10.3. The van der Waals surface area contributed by atoms with Crippen LogP contribution in [0.4, 0.5) is 4.79 Å². The first-order valence-electron chi connectivity index (χ1n) is 23.5. The number of aromatic nitrogens is 4. The van der Waals surface area contributed by atoms with Crippen molar-refractivity contribution in [3.8, 4) is 39.4 Å². The van der Waals surface area contributed by atoms with Crippen LogP contribution in [0.15, 0.2) is 116 Å². The average Bonchev–Trinajstić information content (AvgIpc) is 4.19. The first-order valence-corrected chi connectivity index (χ1v) is 23.5. The van der Waals surface area contributed by atoms with E-state index >= 15 is 0 Å². The number of likely N-dealkylation sites (tertiary alicyclic amines) is 1. The number of aryl methyl sites for hydroxylation is 1. The van der Waals surface area contributed by atoms with Gasteiger partial charge in [0.1, 0.15) is 36.6 Å². The van der Waals surface area contributed by atoms with Gasteiger partial charge in [0.25, 0.3) is 6.47 Å². The molecule has 7 rings (SSSR count). The number of ether oxygens (including phenoxy) is 3. The summed E-state index contributed by atoms with van der Waals surface area (Å²) in [5.74, 6) is 3.14. The van der Waals surface area contributed by atoms with E-state index in [1.165, 1.54) is 45.2 Å². The number of amides is 1. The molecule has 6 aromatic rings. The van der Waals surface area contributed by atoms with Crippen LogP contribution in [0.2, 0.25) is 0 Å². The minimum atomic E-state index is -0.407. The molecular formula is C55H75N7O7. The number of aromatic amines is 2. The van der Waals surface area contributed by atoms with Crippen LogP contribution in [0.1, 0.15) is 89.1 Å². The Morgan fingerprint density at radius 1 is 0.826 bits per heavy atom. The Morgan fingerprint density at radius 3 is 1.84 bits per heavy atom. The standard InChI is InChI=1S/C28H34N6.C16H16O2.C4H8O.C3H7NO2.C2H4O2.C2H6/c1-4-15-33(2)19-27-29-17-24(31-27)22-11-7-20(8-12-22)21-9-13-23(14-10-21)25-18-30-28(32-25)26-6-5-16-34(26)3;17-12-4-7-14-8-10-16(11-9-14)18-13-15-5-2-1-3-6-15;1-4(2)3-5;1-4-3(5)6-2;1-4-2-3;1-2/h7-14,17-18,26H,4-6,15-16,19H2,1-3H3,(H,29,31)(H,30,32);1-3,5-6,8-12H,4,7,13H2;3-4H,1-2H3;1-2H3,(H,4,5);2H,1H3;1-2H3/t26-;;;;;/m0...../s1. The molecule has 0 radical (unpaired) electrons. The molecule has 0 spiro atoms. The van der Waals surface area contributed by atoms with Crippen LogP contribution in [0.5, 0.6) is 5.75 Å². The van der Waals surface area contributed by atoms with Crippen molar-refractivity contribution in [2.45, 2.75) is 85.9 Å². The van der Waals surface area contributed by atoms with Crippen LogP contribution < -0.4 is 10.1 Å². The van der Waals surface area contributed by atoms with Crippen LogP contribution >= 0.6 is 0 Å². The number of nitrogens with zero attached hydrogens (tertiary/aromatic N) is 4. The molecule has 1 saturated heterocycles. The van der Waals surface area contributed by atoms with Gasteiger partial charge in [-0.15, -0.1) is 0 Å². The SMILES string of the molecule is CC.CC(C)C=O.CCCN(C)Cc1ncc(-c2ccc(-c3ccc(-c4cnc([C@@H]5CCCN5C)[nH]4)cc3)cc2)[nH]1.CNC(=O)OC.COC=O.O=CCCc1ccc(OCc2ccccc2)cc1. The smallest absolute Gasteiger partial charge is 0.406 e. The van der Waals surface area contributed by atoms with Crippen LogP contribution in [-0.4, -0.2) is 103 Å². The van der Waals surface area contributed by atoms with Crippen molar-refractivity contribution in [2.24, 2.45) is 5.92 Å². The second kappa shape index (κ2) is 34.4. The molecule has 1 fully saturated rings. The van der Waals surface area contributed by atoms with Crippen LogP contribution in [0.25, 0.3) is 33.6 Å². The average molecular weight is 946 g/mol. The summed E-state index contributed by atoms with van der Waals surface area (Å²) in [7, 11) is 8.44. The molecule has 3 N–H and O–H groups in total. The highest BCUT2D eigenvalue weighted by Crippen LogP contribution is 2.31. The molecule has 14 heteroatoms. The number of nitrogens with one attached hydrogen (secondary N) is 3. The lowest BCUT2D eigenvalue weighted by molar-refractivity contribution is -0.126. The fourth-order valence-corrected chi connectivity index (χ4v) is 6.72. The lowest BCUT2D eigenvalue weighted by Crippen LogP contribution is -2.19. The molecular weight excluding hydrogens is 871 g/mol. The maximum absolute atomic E-state index is 10.3. The summed E-state index contributed by atoms with van der Waals surface area (Å²) >= 11 is 0. The van der Waals surface area contributed by atoms with Crippen LogP contribution in [0.3, 0.4) is 0 Å². The largest absolute Gasteiger partial charge is 0.489 e. The van der Waals surface area contributed by atoms with Crippen molar-refractivity contribution in [3.05, 3.63) is 138 Å². The quantitative estimate of drug-likeness (QED) is 0.0789. The van der Waals surface area contributed by atoms with E-state index in [2.05, 4.69) is 114 Å². The fourth-order valence-electron chi connectivity index (χ4n) is 6.72. The number of rotatable bonds is 16. The number of methoxy groups -OCH3 is 2. The second-order valence-corrected chi connectivity index (χ2v) is 16.0. The van der Waals surface area contributed by atoms with Crippen molar-refractivity contribution in [3.63, 3.8) is 0 Å². The molecule has 0 saturated carbocycles. The molecule has 1 aliphatic heterocycles. The highest BCUT2D eigenvalue weighted by atomic mass is 16.5. The minimum absolute atomic E-state index is 0.204. The number of carbonyl (C=O) groups is 4. The maximum Gasteiger partial charge on any atom is 0.406 e. The summed E-state index contributed by atoms with van der Waals surface area (Å²) in [4.78, 5) is 59.5. The van der Waals surface area contributed by atoms with E-state index < -0.39 is 6.09 Å². The van der Waals surface area contributed by atoms with Gasteiger partial charge >= 0.3 is 6.09 Å². The molecule has 2 aromatic heterocycles. The van der Waals surface area contributed by atoms with Crippen molar-refractivity contribution < 1.29 is 33.4 Å². The van der Waals surface area contributed by atoms with Gasteiger partial charge in [-0.25, -0.2) is 14.8 Å². The summed E-state index contributed by atoms with van der Waals surface area (Å²) in [6, 6.07) is 35.8. The van der Waals surface area contributed by atoms with Gasteiger partial charge in [0.15, 0.2) is 0 Å². The minimum Gasteiger partial charge on any atom is -0.489 e. The zero-order valence-electron chi connectivity index (χ0n) is 42.4. The predicted octanol–water partition coefficient (Wildman–Crippen LogP) is 10.8. The molecule has 1 aliphatic rings. The Balaban J connectivity index is 0.000000388. The lowest BCUT2D eigenvalue weighted by Gasteiger charge is -2.16. The number of H-pyrrole nitrogens is 2. The summed E-state index contributed by atoms with van der Waals surface area (Å²) in [5, 5.41) is 2.25. The monoisotopic (exact) mass is 946 g/mol. The molecule has 1 amide bonds. The molecule has 372 valence electrons. The molecule has 0 aliphatic carbocycles. The molecule has 3 heterocycles. The van der Waals surface area contributed by atoms with Gasteiger partial charge in [0.2, 0.25) is 0 Å². The number of aldehydes is 2. The molecule has 0 unspecified atom stereocenters. The zero-order chi connectivity index (χ0) is 50.8. The highest BCUT2D eigenvalue weighted by molar-refractivity contribution is 5.71. The maximum atomic E-state index is 10.3. The van der Waals surface area contributed by atoms with E-state index in [0.717, 1.165) is 96.1 Å². The van der Waals surface area contributed by atoms with Gasteiger partial charge in [-0.2, -0.15) is 0 Å². The van der Waals surface area contributed by atoms with E-state index in [4.69, 9.17) is 9.53 Å². The summed E-state index contributed by atoms with van der Waals surface area (Å²) in [6.07, 6.45) is 10.3. The summed E-state index contributed by atoms with van der Waals surface area (Å²) in [6.45, 7) is 13.9. The van der Waals surface area contributed by atoms with Gasteiger partial charge < -0.3 is 39.1 Å². The van der Waals surface area contributed by atoms with Gasteiger partial charge in [0.05, 0.1) is 50.6 Å². The third-order valence-electron chi connectivity index (χ3n) is 10.3. The van der Waals surface area contributed by atoms with Crippen LogP contribution in [0, 0.1) is 5.92 Å². The fraction of sp³-hybridized carbons (Fsp3) is 0.382. The van der Waals surface area contributed by atoms with Crippen LogP contribution in [-0.2, 0) is 43.4 Å². The Morgan fingerprint density at radius 2 is 1.38 bits per heavy atom. The summed E-state index contributed by atoms with van der Waals surface area (Å²) in [5.41, 5.74) is 9.18. The Kier molecular flexibility index (Phi) is 29.0. The number of alkyl carbamates (subject to hydrolysis) is 1. The predicted molar refractivity (Wildman–Crippen MR) is 277 cm³/mol. The number of hydrogen-bond acceptors (Lipinski definition) is 11. The third kappa shape index (κ3) is 22.2. The number of hydrogen-bond donors (Lipinski definition) is 3. The van der Waals surface area contributed by atoms with E-state index in [9.17, 15) is 14.4 Å². The van der Waals surface area contributed by atoms with E-state index in [1.807, 2.05) is 94.7 Å². The van der Waals surface area contributed by atoms with Gasteiger partial charge in [-0.1, -0.05) is 126 Å². The topological polar surface area (TPSA) is 172 Å². The Labute approximate surface area is 410 Å². The first kappa shape index (κ1) is 58.2.